The van der Waals surface area contributed by atoms with Crippen molar-refractivity contribution < 1.29 is 13.2 Å². The maximum absolute atomic E-state index is 12.6. The van der Waals surface area contributed by atoms with Crippen LogP contribution >= 0.6 is 0 Å². The van der Waals surface area contributed by atoms with Crippen molar-refractivity contribution in [3.8, 4) is 0 Å². The number of halogens is 3. The fraction of sp³-hybridized carbons (Fsp3) is 1.00. The Morgan fingerprint density at radius 1 is 1.11 bits per heavy atom. The molecular formula is C14H25F3N2. The molecule has 0 amide bonds. The summed E-state index contributed by atoms with van der Waals surface area (Å²) in [6.45, 7) is 2.09. The van der Waals surface area contributed by atoms with E-state index in [1.807, 2.05) is 7.05 Å². The van der Waals surface area contributed by atoms with Gasteiger partial charge >= 0.3 is 6.18 Å². The number of piperidine rings is 1. The minimum absolute atomic E-state index is 0.268. The number of nitrogens with one attached hydrogen (secondary N) is 1. The van der Waals surface area contributed by atoms with Gasteiger partial charge in [-0.05, 0) is 51.7 Å². The van der Waals surface area contributed by atoms with E-state index in [2.05, 4.69) is 10.2 Å². The van der Waals surface area contributed by atoms with Gasteiger partial charge in [0.1, 0.15) is 0 Å². The van der Waals surface area contributed by atoms with Gasteiger partial charge in [-0.15, -0.1) is 0 Å². The third kappa shape index (κ3) is 4.09. The van der Waals surface area contributed by atoms with E-state index in [1.54, 1.807) is 0 Å². The Labute approximate surface area is 113 Å². The summed E-state index contributed by atoms with van der Waals surface area (Å²) >= 11 is 0. The lowest BCUT2D eigenvalue weighted by molar-refractivity contribution is -0.185. The van der Waals surface area contributed by atoms with Crippen LogP contribution in [0.3, 0.4) is 0 Å². The van der Waals surface area contributed by atoms with E-state index in [0.29, 0.717) is 25.0 Å². The second-order valence-corrected chi connectivity index (χ2v) is 6.06. The van der Waals surface area contributed by atoms with Gasteiger partial charge in [-0.3, -0.25) is 0 Å². The molecule has 0 bridgehead atoms. The molecule has 1 saturated heterocycles. The topological polar surface area (TPSA) is 15.3 Å². The van der Waals surface area contributed by atoms with Crippen molar-refractivity contribution in [2.75, 3.05) is 26.7 Å². The smallest absolute Gasteiger partial charge is 0.315 e. The third-order valence-electron chi connectivity index (χ3n) is 4.85. The highest BCUT2D eigenvalue weighted by atomic mass is 19.4. The standard InChI is InChI=1S/C14H25F3N2/c1-18-13(11-4-2-3-5-11)10-19-8-6-12(7-9-19)14(15,16)17/h11-13,18H,2-10H2,1H3. The molecule has 1 aliphatic carbocycles. The molecule has 1 aliphatic heterocycles. The summed E-state index contributed by atoms with van der Waals surface area (Å²) in [5.41, 5.74) is 0. The molecule has 2 aliphatic rings. The second-order valence-electron chi connectivity index (χ2n) is 6.06. The van der Waals surface area contributed by atoms with Crippen LogP contribution in [0.15, 0.2) is 0 Å². The predicted octanol–water partition coefficient (Wildman–Crippen LogP) is 3.04. The molecule has 19 heavy (non-hydrogen) atoms. The summed E-state index contributed by atoms with van der Waals surface area (Å²) < 4.78 is 37.8. The van der Waals surface area contributed by atoms with Crippen LogP contribution in [-0.2, 0) is 0 Å². The molecule has 0 radical (unpaired) electrons. The quantitative estimate of drug-likeness (QED) is 0.850. The predicted molar refractivity (Wildman–Crippen MR) is 70.0 cm³/mol. The van der Waals surface area contributed by atoms with Crippen molar-refractivity contribution in [2.24, 2.45) is 11.8 Å². The number of likely N-dealkylation sites (tertiary alicyclic amines) is 1. The highest BCUT2D eigenvalue weighted by Crippen LogP contribution is 2.34. The van der Waals surface area contributed by atoms with Gasteiger partial charge in [0.25, 0.3) is 0 Å². The van der Waals surface area contributed by atoms with Gasteiger partial charge in [-0.1, -0.05) is 12.8 Å². The lowest BCUT2D eigenvalue weighted by atomic mass is 9.93. The number of hydrogen-bond donors (Lipinski definition) is 1. The first-order chi connectivity index (χ1) is 9.00. The first-order valence-corrected chi connectivity index (χ1v) is 7.47. The van der Waals surface area contributed by atoms with Gasteiger partial charge in [0, 0.05) is 12.6 Å². The maximum atomic E-state index is 12.6. The maximum Gasteiger partial charge on any atom is 0.391 e. The molecule has 0 aromatic rings. The summed E-state index contributed by atoms with van der Waals surface area (Å²) in [5, 5.41) is 3.37. The molecule has 2 rings (SSSR count). The molecule has 112 valence electrons. The highest BCUT2D eigenvalue weighted by Gasteiger charge is 2.41. The highest BCUT2D eigenvalue weighted by molar-refractivity contribution is 4.85. The fourth-order valence-corrected chi connectivity index (χ4v) is 3.56. The molecular weight excluding hydrogens is 253 g/mol. The van der Waals surface area contributed by atoms with Gasteiger partial charge in [0.15, 0.2) is 0 Å². The zero-order valence-corrected chi connectivity index (χ0v) is 11.7. The summed E-state index contributed by atoms with van der Waals surface area (Å²) in [4.78, 5) is 2.21. The van der Waals surface area contributed by atoms with Gasteiger partial charge < -0.3 is 10.2 Å². The van der Waals surface area contributed by atoms with Crippen molar-refractivity contribution in [1.82, 2.24) is 10.2 Å². The monoisotopic (exact) mass is 278 g/mol. The van der Waals surface area contributed by atoms with Gasteiger partial charge in [-0.2, -0.15) is 13.2 Å². The minimum atomic E-state index is -4.00. The van der Waals surface area contributed by atoms with Gasteiger partial charge in [0.05, 0.1) is 5.92 Å². The third-order valence-corrected chi connectivity index (χ3v) is 4.85. The van der Waals surface area contributed by atoms with Crippen LogP contribution in [0.5, 0.6) is 0 Å². The van der Waals surface area contributed by atoms with Crippen LogP contribution in [-0.4, -0.2) is 43.8 Å². The van der Waals surface area contributed by atoms with E-state index in [9.17, 15) is 13.2 Å². The first kappa shape index (κ1) is 15.1. The number of nitrogens with zero attached hydrogens (tertiary/aromatic N) is 1. The van der Waals surface area contributed by atoms with Crippen molar-refractivity contribution in [3.05, 3.63) is 0 Å². The number of alkyl halides is 3. The zero-order valence-electron chi connectivity index (χ0n) is 11.7. The Balaban J connectivity index is 1.77. The van der Waals surface area contributed by atoms with E-state index >= 15 is 0 Å². The van der Waals surface area contributed by atoms with Crippen molar-refractivity contribution in [3.63, 3.8) is 0 Å². The molecule has 1 saturated carbocycles. The van der Waals surface area contributed by atoms with E-state index in [0.717, 1.165) is 6.54 Å². The van der Waals surface area contributed by atoms with Crippen LogP contribution < -0.4 is 5.32 Å². The molecule has 1 atom stereocenters. The Hall–Kier alpha value is -0.290. The first-order valence-electron chi connectivity index (χ1n) is 7.47. The van der Waals surface area contributed by atoms with Crippen molar-refractivity contribution in [2.45, 2.75) is 50.7 Å². The molecule has 0 spiro atoms. The molecule has 0 aromatic heterocycles. The van der Waals surface area contributed by atoms with E-state index in [-0.39, 0.29) is 12.8 Å². The van der Waals surface area contributed by atoms with Crippen LogP contribution in [0.25, 0.3) is 0 Å². The Bertz CT molecular complexity index is 266. The second kappa shape index (κ2) is 6.44. The molecule has 1 N–H and O–H groups in total. The van der Waals surface area contributed by atoms with E-state index in [1.165, 1.54) is 25.7 Å². The van der Waals surface area contributed by atoms with Crippen molar-refractivity contribution in [1.29, 1.82) is 0 Å². The summed E-state index contributed by atoms with van der Waals surface area (Å²) in [6, 6.07) is 0.449. The molecule has 0 aromatic carbocycles. The Kier molecular flexibility index (Phi) is 5.12. The number of rotatable bonds is 4. The van der Waals surface area contributed by atoms with Crippen LogP contribution in [0.2, 0.25) is 0 Å². The molecule has 2 fully saturated rings. The SMILES string of the molecule is CNC(CN1CCC(C(F)(F)F)CC1)C1CCCC1. The van der Waals surface area contributed by atoms with Crippen LogP contribution in [0, 0.1) is 11.8 Å². The number of likely N-dealkylation sites (N-methyl/N-ethyl adjacent to an activating group) is 1. The summed E-state index contributed by atoms with van der Waals surface area (Å²) in [5.74, 6) is -0.367. The average Bonchev–Trinajstić information content (AvgIpc) is 2.89. The van der Waals surface area contributed by atoms with Gasteiger partial charge in [-0.25, -0.2) is 0 Å². The molecule has 2 nitrogen and oxygen atoms in total. The Morgan fingerprint density at radius 2 is 1.68 bits per heavy atom. The summed E-state index contributed by atoms with van der Waals surface area (Å²) in [6.07, 6.45) is 1.68. The Morgan fingerprint density at radius 3 is 2.16 bits per heavy atom. The number of hydrogen-bond acceptors (Lipinski definition) is 2. The van der Waals surface area contributed by atoms with Crippen LogP contribution in [0.1, 0.15) is 38.5 Å². The molecule has 5 heteroatoms. The largest absolute Gasteiger partial charge is 0.391 e. The average molecular weight is 278 g/mol. The lowest BCUT2D eigenvalue weighted by Crippen LogP contribution is -2.47. The zero-order chi connectivity index (χ0) is 13.9. The lowest BCUT2D eigenvalue weighted by Gasteiger charge is -2.36. The normalized spacial score (nSPS) is 25.9. The fourth-order valence-electron chi connectivity index (χ4n) is 3.56. The summed E-state index contributed by atoms with van der Waals surface area (Å²) in [7, 11) is 1.98. The van der Waals surface area contributed by atoms with Gasteiger partial charge in [0.2, 0.25) is 0 Å². The molecule has 1 unspecified atom stereocenters. The van der Waals surface area contributed by atoms with E-state index < -0.39 is 12.1 Å². The van der Waals surface area contributed by atoms with E-state index in [4.69, 9.17) is 0 Å². The molecule has 1 heterocycles. The minimum Gasteiger partial charge on any atom is -0.315 e. The van der Waals surface area contributed by atoms with Crippen molar-refractivity contribution >= 4 is 0 Å². The van der Waals surface area contributed by atoms with Crippen LogP contribution in [0.4, 0.5) is 13.2 Å².